The number of methoxy groups -OCH3 is 1. The van der Waals surface area contributed by atoms with Crippen molar-refractivity contribution >= 4 is 81.5 Å². The van der Waals surface area contributed by atoms with Crippen LogP contribution >= 0.6 is 0 Å². The van der Waals surface area contributed by atoms with Gasteiger partial charge in [0.25, 0.3) is 27.8 Å². The molecule has 0 saturated carbocycles. The first-order chi connectivity index (χ1) is 48.8. The summed E-state index contributed by atoms with van der Waals surface area (Å²) in [5, 5.41) is 18.9. The molecule has 0 aliphatic carbocycles. The molecule has 4 fully saturated rings. The third-order valence-electron chi connectivity index (χ3n) is 21.0. The molecule has 17 rings (SSSR count). The summed E-state index contributed by atoms with van der Waals surface area (Å²) in [4.78, 5) is 86.1. The van der Waals surface area contributed by atoms with Crippen LogP contribution in [0.5, 0.6) is 5.75 Å². The predicted octanol–water partition coefficient (Wildman–Crippen LogP) is 11.5. The number of likely N-dealkylation sites (N-methyl/N-ethyl adjacent to an activating group) is 1. The second-order valence-corrected chi connectivity index (χ2v) is 27.9. The van der Waals surface area contributed by atoms with Crippen LogP contribution in [-0.2, 0) is 27.2 Å². The van der Waals surface area contributed by atoms with Crippen molar-refractivity contribution in [2.45, 2.75) is 89.6 Å². The summed E-state index contributed by atoms with van der Waals surface area (Å²) >= 11 is 0. The van der Waals surface area contributed by atoms with Gasteiger partial charge in [0.2, 0.25) is 0 Å². The van der Waals surface area contributed by atoms with Gasteiger partial charge < -0.3 is 44.4 Å². The Kier molecular flexibility index (Phi) is 21.2. The molecule has 12 heterocycles. The zero-order valence-electron chi connectivity index (χ0n) is 58.8. The monoisotopic (exact) mass is 1370 g/mol. The molecule has 0 radical (unpaired) electrons. The van der Waals surface area contributed by atoms with E-state index in [0.717, 1.165) is 174 Å². The summed E-state index contributed by atoms with van der Waals surface area (Å²) in [5.74, 6) is 1.02. The number of rotatable bonds is 8. The Morgan fingerprint density at radius 3 is 1.40 bits per heavy atom. The van der Waals surface area contributed by atoms with Gasteiger partial charge in [0, 0.05) is 96.7 Å². The number of hydrogen-bond acceptors (Lipinski definition) is 13. The maximum absolute atomic E-state index is 13.5. The number of aryl methyl sites for hydroxylation is 3. The van der Waals surface area contributed by atoms with Crippen molar-refractivity contribution in [1.82, 2.24) is 69.0 Å². The Hall–Kier alpha value is -9.71. The molecule has 12 aromatic rings. The van der Waals surface area contributed by atoms with Gasteiger partial charge in [0.15, 0.2) is 0 Å². The Bertz CT molecular complexity index is 5220. The van der Waals surface area contributed by atoms with Crippen molar-refractivity contribution in [3.8, 4) is 5.75 Å². The van der Waals surface area contributed by atoms with E-state index in [9.17, 15) is 32.8 Å². The van der Waals surface area contributed by atoms with E-state index in [-0.39, 0.29) is 27.8 Å². The molecule has 5 N–H and O–H groups in total. The Balaban J connectivity index is 0.000000113. The fraction of sp³-hybridized carbons (Fsp3) is 0.380. The highest BCUT2D eigenvalue weighted by Crippen LogP contribution is 2.35. The fourth-order valence-corrected chi connectivity index (χ4v) is 15.3. The number of pyridine rings is 5. The highest BCUT2D eigenvalue weighted by atomic mass is 19.1. The maximum atomic E-state index is 13.5. The van der Waals surface area contributed by atoms with Crippen molar-refractivity contribution in [3.63, 3.8) is 0 Å². The van der Waals surface area contributed by atoms with Crippen LogP contribution in [0.4, 0.5) is 8.78 Å². The highest BCUT2D eigenvalue weighted by Gasteiger charge is 2.25. The number of aromatic nitrogens is 9. The molecule has 101 heavy (non-hydrogen) atoms. The normalized spacial score (nSPS) is 16.9. The molecular formula is C79H90F2N14O6. The summed E-state index contributed by atoms with van der Waals surface area (Å²) in [6.45, 7) is 14.4. The lowest BCUT2D eigenvalue weighted by atomic mass is 9.87. The molecule has 526 valence electrons. The van der Waals surface area contributed by atoms with Crippen molar-refractivity contribution in [3.05, 3.63) is 219 Å². The van der Waals surface area contributed by atoms with Gasteiger partial charge in [-0.15, -0.1) is 0 Å². The Morgan fingerprint density at radius 1 is 0.465 bits per heavy atom. The van der Waals surface area contributed by atoms with Gasteiger partial charge >= 0.3 is 0 Å². The zero-order chi connectivity index (χ0) is 70.6. The number of likely N-dealkylation sites (tertiary alicyclic amines) is 4. The number of hydrogen-bond donors (Lipinski definition) is 5. The van der Waals surface area contributed by atoms with Crippen LogP contribution in [0.15, 0.2) is 146 Å². The number of ether oxygens (including phenoxy) is 1. The summed E-state index contributed by atoms with van der Waals surface area (Å²) in [5.41, 5.74) is 8.87. The largest absolute Gasteiger partial charge is 0.497 e. The molecule has 20 nitrogen and oxygen atoms in total. The molecule has 7 aromatic heterocycles. The lowest BCUT2D eigenvalue weighted by Gasteiger charge is -2.29. The number of piperidine rings is 2. The highest BCUT2D eigenvalue weighted by molar-refractivity contribution is 6.07. The van der Waals surface area contributed by atoms with Crippen LogP contribution in [0.2, 0.25) is 0 Å². The van der Waals surface area contributed by atoms with E-state index in [2.05, 4.69) is 99.0 Å². The second kappa shape index (κ2) is 30.6. The van der Waals surface area contributed by atoms with E-state index < -0.39 is 11.6 Å². The first-order valence-corrected chi connectivity index (χ1v) is 35.3. The van der Waals surface area contributed by atoms with Crippen molar-refractivity contribution < 1.29 is 13.5 Å². The maximum Gasteiger partial charge on any atom is 0.257 e. The van der Waals surface area contributed by atoms with Gasteiger partial charge in [-0.3, -0.25) is 43.1 Å². The van der Waals surface area contributed by atoms with Gasteiger partial charge in [-0.1, -0.05) is 60.2 Å². The molecule has 22 heteroatoms. The van der Waals surface area contributed by atoms with Crippen molar-refractivity contribution in [1.29, 1.82) is 0 Å². The minimum Gasteiger partial charge on any atom is -0.497 e. The zero-order valence-corrected chi connectivity index (χ0v) is 58.8. The summed E-state index contributed by atoms with van der Waals surface area (Å²) in [6, 6.07) is 28.5. The number of benzene rings is 5. The number of nitrogens with zero attached hydrogens (tertiary/aromatic N) is 9. The second-order valence-electron chi connectivity index (χ2n) is 27.9. The molecule has 5 aliphatic rings. The van der Waals surface area contributed by atoms with Gasteiger partial charge in [0.1, 0.15) is 28.7 Å². The van der Waals surface area contributed by atoms with E-state index >= 15 is 0 Å². The molecule has 5 aliphatic heterocycles. The quantitative estimate of drug-likeness (QED) is 0.0956. The van der Waals surface area contributed by atoms with E-state index in [4.69, 9.17) is 4.74 Å². The lowest BCUT2D eigenvalue weighted by Crippen LogP contribution is -2.29. The van der Waals surface area contributed by atoms with Crippen LogP contribution in [0.3, 0.4) is 0 Å². The molecule has 0 atom stereocenters. The van der Waals surface area contributed by atoms with Gasteiger partial charge in [0.05, 0.1) is 34.7 Å². The lowest BCUT2D eigenvalue weighted by molar-refractivity contribution is 0.256. The minimum atomic E-state index is -0.401. The van der Waals surface area contributed by atoms with Gasteiger partial charge in [-0.25, -0.2) is 8.78 Å². The Morgan fingerprint density at radius 2 is 0.911 bits per heavy atom. The molecule has 4 saturated heterocycles. The van der Waals surface area contributed by atoms with E-state index in [0.29, 0.717) is 33.9 Å². The van der Waals surface area contributed by atoms with Crippen LogP contribution in [-0.4, -0.2) is 163 Å². The third kappa shape index (κ3) is 15.3. The summed E-state index contributed by atoms with van der Waals surface area (Å²) in [7, 11) is 11.7. The average molecular weight is 1370 g/mol. The number of nitrogens with one attached hydrogen (secondary N) is 5. The van der Waals surface area contributed by atoms with Crippen molar-refractivity contribution in [2.24, 2.45) is 14.1 Å². The molecule has 0 spiro atoms. The minimum absolute atomic E-state index is 0.0112. The molecule has 0 bridgehead atoms. The number of fused-ring (bicyclic) bond motifs is 9. The van der Waals surface area contributed by atoms with E-state index in [1.807, 2.05) is 88.1 Å². The van der Waals surface area contributed by atoms with Gasteiger partial charge in [-0.05, 0) is 231 Å². The first-order valence-electron chi connectivity index (χ1n) is 35.3. The predicted molar refractivity (Wildman–Crippen MR) is 401 cm³/mol. The Labute approximate surface area is 583 Å². The summed E-state index contributed by atoms with van der Waals surface area (Å²) < 4.78 is 35.6. The van der Waals surface area contributed by atoms with E-state index in [1.54, 1.807) is 28.6 Å². The van der Waals surface area contributed by atoms with Crippen LogP contribution in [0.25, 0.3) is 81.5 Å². The molecular weight excluding hydrogens is 1280 g/mol. The SMILES string of the molecule is CN1CC=C(c2c[nH]c(=O)c3ccccc23)CC1.COc1ccc2c(C3CCN(C)CC3)c[nH]c(=O)c2c1.Cc1ccc2c(C3CCN(C)CC3)c[nH]c(=O)c2c1.Cn1nc(CN2CCCC2)c2c3ccc(F)cc3c(=O)[nH]c21.Cn1nc(CN2CCCC2)c2c3ccc(F)cc3c(=O)[nH]c21. The van der Waals surface area contributed by atoms with Gasteiger partial charge in [-0.2, -0.15) is 10.2 Å². The summed E-state index contributed by atoms with van der Waals surface area (Å²) in [6.07, 6.45) is 18.5. The van der Waals surface area contributed by atoms with Crippen LogP contribution in [0.1, 0.15) is 103 Å². The number of H-pyrrole nitrogens is 5. The van der Waals surface area contributed by atoms with E-state index in [1.165, 1.54) is 85.1 Å². The molecule has 0 unspecified atom stereocenters. The van der Waals surface area contributed by atoms with Crippen molar-refractivity contribution in [2.75, 3.05) is 93.7 Å². The first kappa shape index (κ1) is 69.8. The van der Waals surface area contributed by atoms with Crippen LogP contribution in [0, 0.1) is 18.6 Å². The molecule has 5 aromatic carbocycles. The molecule has 0 amide bonds. The standard InChI is InChI=1S/2C16H17FN4O.C16H20N2O2.C16H20N2O.C15H16N2O/c2*1-20-15-14(13(19-20)9-21-6-2-3-7-21)11-5-4-10(17)8-12(11)16(22)18-15;1-18-7-5-11(6-8-18)15-10-17-16(19)14-9-12(20-2)3-4-13(14)15;1-11-3-4-13-14(9-11)16(19)17-10-15(13)12-5-7-18(2)8-6-12;1-17-8-6-11(7-9-17)14-10-16-15(18)13-5-3-2-4-12(13)14/h2*4-5,8H,2-3,6-7,9H2,1H3,(H,18,22);3-4,9-11H,5-8H2,1-2H3,(H,17,19);3-4,9-10,12H,5-8H2,1-2H3,(H,17,19);2-6,10H,7-9H2,1H3,(H,16,18). The number of halogens is 2. The smallest absolute Gasteiger partial charge is 0.257 e. The third-order valence-corrected chi connectivity index (χ3v) is 21.0. The fourth-order valence-electron chi connectivity index (χ4n) is 15.3. The van der Waals surface area contributed by atoms with Crippen LogP contribution < -0.4 is 32.5 Å². The topological polar surface area (TPSA) is 225 Å². The number of aromatic amines is 5. The average Bonchev–Trinajstić information content (AvgIpc) is 1.64.